The molecule has 72 valence electrons. The van der Waals surface area contributed by atoms with Gasteiger partial charge in [0.05, 0.1) is 0 Å². The van der Waals surface area contributed by atoms with Gasteiger partial charge in [-0.05, 0) is 19.1 Å². The molecule has 3 nitrogen and oxygen atoms in total. The Morgan fingerprint density at radius 2 is 2.29 bits per heavy atom. The van der Waals surface area contributed by atoms with Crippen LogP contribution in [0.25, 0.3) is 10.4 Å². The molecule has 0 aromatic carbocycles. The lowest BCUT2D eigenvalue weighted by Gasteiger charge is -1.98. The fourth-order valence-corrected chi connectivity index (χ4v) is 2.30. The zero-order valence-electron chi connectivity index (χ0n) is 7.37. The number of aromatic nitrogens is 2. The van der Waals surface area contributed by atoms with Gasteiger partial charge >= 0.3 is 5.69 Å². The van der Waals surface area contributed by atoms with Crippen LogP contribution in [0, 0.1) is 6.92 Å². The van der Waals surface area contributed by atoms with E-state index in [-0.39, 0.29) is 0 Å². The van der Waals surface area contributed by atoms with E-state index in [1.807, 2.05) is 19.1 Å². The molecule has 0 aliphatic carbocycles. The lowest BCUT2D eigenvalue weighted by atomic mass is 10.3. The molecule has 0 bridgehead atoms. The molecule has 14 heavy (non-hydrogen) atoms. The molecule has 1 N–H and O–H groups in total. The first-order valence-electron chi connectivity index (χ1n) is 3.98. The number of H-pyrrole nitrogens is 1. The van der Waals surface area contributed by atoms with Crippen LogP contribution in [0.1, 0.15) is 4.88 Å². The number of halogens is 1. The van der Waals surface area contributed by atoms with Crippen molar-refractivity contribution in [3.63, 3.8) is 0 Å². The van der Waals surface area contributed by atoms with Gasteiger partial charge in [-0.2, -0.15) is 0 Å². The molecule has 2 aromatic heterocycles. The van der Waals surface area contributed by atoms with Crippen LogP contribution in [-0.4, -0.2) is 9.97 Å². The normalized spacial score (nSPS) is 10.4. The molecule has 0 unspecified atom stereocenters. The second-order valence-corrected chi connectivity index (χ2v) is 4.49. The fourth-order valence-electron chi connectivity index (χ4n) is 1.12. The van der Waals surface area contributed by atoms with Gasteiger partial charge in [0.1, 0.15) is 5.15 Å². The number of hydrogen-bond acceptors (Lipinski definition) is 3. The molecule has 0 aliphatic heterocycles. The Hall–Kier alpha value is -1.13. The second-order valence-electron chi connectivity index (χ2n) is 2.83. The minimum atomic E-state index is -0.424. The number of nitrogens with one attached hydrogen (secondary N) is 1. The Kier molecular flexibility index (Phi) is 2.39. The minimum Gasteiger partial charge on any atom is -0.296 e. The lowest BCUT2D eigenvalue weighted by molar-refractivity contribution is 1.08. The summed E-state index contributed by atoms with van der Waals surface area (Å²) >= 11 is 7.50. The number of aromatic amines is 1. The smallest absolute Gasteiger partial charge is 0.296 e. The van der Waals surface area contributed by atoms with E-state index in [4.69, 9.17) is 11.6 Å². The SMILES string of the molecule is Cc1ccc(-c2cnc(=O)[nH]c2Cl)s1. The van der Waals surface area contributed by atoms with E-state index >= 15 is 0 Å². The van der Waals surface area contributed by atoms with E-state index < -0.39 is 5.69 Å². The largest absolute Gasteiger partial charge is 0.346 e. The topological polar surface area (TPSA) is 45.8 Å². The predicted molar refractivity (Wildman–Crippen MR) is 57.9 cm³/mol. The number of thiophene rings is 1. The van der Waals surface area contributed by atoms with Crippen LogP contribution >= 0.6 is 22.9 Å². The summed E-state index contributed by atoms with van der Waals surface area (Å²) in [6, 6.07) is 3.96. The van der Waals surface area contributed by atoms with Crippen molar-refractivity contribution in [1.29, 1.82) is 0 Å². The van der Waals surface area contributed by atoms with Gasteiger partial charge < -0.3 is 0 Å². The molecule has 0 saturated heterocycles. The Balaban J connectivity index is 2.57. The van der Waals surface area contributed by atoms with Crippen LogP contribution in [0.2, 0.25) is 5.15 Å². The molecule has 5 heteroatoms. The van der Waals surface area contributed by atoms with Gasteiger partial charge in [0.25, 0.3) is 0 Å². The third-order valence-corrected chi connectivity index (χ3v) is 3.10. The van der Waals surface area contributed by atoms with Crippen LogP contribution in [0.15, 0.2) is 23.1 Å². The summed E-state index contributed by atoms with van der Waals surface area (Å²) in [7, 11) is 0. The summed E-state index contributed by atoms with van der Waals surface area (Å²) in [6.45, 7) is 2.02. The molecule has 0 fully saturated rings. The first-order chi connectivity index (χ1) is 6.66. The van der Waals surface area contributed by atoms with E-state index in [2.05, 4.69) is 9.97 Å². The highest BCUT2D eigenvalue weighted by molar-refractivity contribution is 7.15. The van der Waals surface area contributed by atoms with Gasteiger partial charge in [-0.15, -0.1) is 11.3 Å². The zero-order chi connectivity index (χ0) is 10.1. The summed E-state index contributed by atoms with van der Waals surface area (Å²) < 4.78 is 0. The number of hydrogen-bond donors (Lipinski definition) is 1. The molecule has 0 aliphatic rings. The standard InChI is InChI=1S/C9H7ClN2OS/c1-5-2-3-7(14-5)6-4-11-9(13)12-8(6)10/h2-4H,1H3,(H,11,12,13). The lowest BCUT2D eigenvalue weighted by Crippen LogP contribution is -2.09. The summed E-state index contributed by atoms with van der Waals surface area (Å²) in [5.74, 6) is 0. The average molecular weight is 227 g/mol. The first-order valence-corrected chi connectivity index (χ1v) is 5.18. The van der Waals surface area contributed by atoms with E-state index in [0.29, 0.717) is 5.15 Å². The Morgan fingerprint density at radius 1 is 1.50 bits per heavy atom. The highest BCUT2D eigenvalue weighted by atomic mass is 35.5. The first kappa shape index (κ1) is 9.43. The highest BCUT2D eigenvalue weighted by Gasteiger charge is 2.06. The van der Waals surface area contributed by atoms with Crippen LogP contribution in [0.4, 0.5) is 0 Å². The maximum Gasteiger partial charge on any atom is 0.346 e. The van der Waals surface area contributed by atoms with Gasteiger partial charge in [0.2, 0.25) is 0 Å². The van der Waals surface area contributed by atoms with Crippen molar-refractivity contribution in [3.8, 4) is 10.4 Å². The van der Waals surface area contributed by atoms with Crippen molar-refractivity contribution < 1.29 is 0 Å². The summed E-state index contributed by atoms with van der Waals surface area (Å²) in [6.07, 6.45) is 1.49. The minimum absolute atomic E-state index is 0.340. The monoisotopic (exact) mass is 226 g/mol. The molecular formula is C9H7ClN2OS. The quantitative estimate of drug-likeness (QED) is 0.760. The van der Waals surface area contributed by atoms with Gasteiger partial charge in [-0.25, -0.2) is 9.78 Å². The van der Waals surface area contributed by atoms with Crippen molar-refractivity contribution in [3.05, 3.63) is 38.8 Å². The van der Waals surface area contributed by atoms with Crippen molar-refractivity contribution >= 4 is 22.9 Å². The Labute approximate surface area is 89.4 Å². The molecule has 2 heterocycles. The van der Waals surface area contributed by atoms with E-state index in [1.54, 1.807) is 11.3 Å². The van der Waals surface area contributed by atoms with Gasteiger partial charge in [0.15, 0.2) is 0 Å². The van der Waals surface area contributed by atoms with Crippen molar-refractivity contribution in [2.75, 3.05) is 0 Å². The van der Waals surface area contributed by atoms with E-state index in [9.17, 15) is 4.79 Å². The van der Waals surface area contributed by atoms with Crippen molar-refractivity contribution in [2.24, 2.45) is 0 Å². The van der Waals surface area contributed by atoms with E-state index in [0.717, 1.165) is 10.4 Å². The molecule has 0 saturated carbocycles. The van der Waals surface area contributed by atoms with Crippen LogP contribution in [0.5, 0.6) is 0 Å². The molecule has 2 aromatic rings. The van der Waals surface area contributed by atoms with Gasteiger partial charge in [0, 0.05) is 21.5 Å². The predicted octanol–water partition coefficient (Wildman–Crippen LogP) is 2.46. The maximum atomic E-state index is 10.8. The van der Waals surface area contributed by atoms with Crippen LogP contribution < -0.4 is 5.69 Å². The fraction of sp³-hybridized carbons (Fsp3) is 0.111. The summed E-state index contributed by atoms with van der Waals surface area (Å²) in [5, 5.41) is 0.340. The third kappa shape index (κ3) is 1.71. The van der Waals surface area contributed by atoms with Gasteiger partial charge in [-0.3, -0.25) is 4.98 Å². The van der Waals surface area contributed by atoms with Crippen LogP contribution in [-0.2, 0) is 0 Å². The van der Waals surface area contributed by atoms with Crippen molar-refractivity contribution in [1.82, 2.24) is 9.97 Å². The van der Waals surface area contributed by atoms with E-state index in [1.165, 1.54) is 11.1 Å². The average Bonchev–Trinajstić information content (AvgIpc) is 2.51. The molecule has 0 radical (unpaired) electrons. The number of aryl methyl sites for hydroxylation is 1. The molecule has 0 atom stereocenters. The zero-order valence-corrected chi connectivity index (χ0v) is 8.95. The number of nitrogens with zero attached hydrogens (tertiary/aromatic N) is 1. The Morgan fingerprint density at radius 3 is 2.86 bits per heavy atom. The van der Waals surface area contributed by atoms with Crippen LogP contribution in [0.3, 0.4) is 0 Å². The molecule has 0 amide bonds. The second kappa shape index (κ2) is 3.55. The highest BCUT2D eigenvalue weighted by Crippen LogP contribution is 2.30. The molecular weight excluding hydrogens is 220 g/mol. The molecule has 2 rings (SSSR count). The van der Waals surface area contributed by atoms with Gasteiger partial charge in [-0.1, -0.05) is 11.6 Å². The maximum absolute atomic E-state index is 10.8. The summed E-state index contributed by atoms with van der Waals surface area (Å²) in [5.41, 5.74) is 0.344. The molecule has 0 spiro atoms. The third-order valence-electron chi connectivity index (χ3n) is 1.77. The number of rotatable bonds is 1. The van der Waals surface area contributed by atoms with Crippen molar-refractivity contribution in [2.45, 2.75) is 6.92 Å². The Bertz CT molecular complexity index is 518. The summed E-state index contributed by atoms with van der Waals surface area (Å²) in [4.78, 5) is 19.1.